The minimum Gasteiger partial charge on any atom is -0.390 e. The number of methoxy groups -OCH3 is 1. The molecule has 10 atom stereocenters. The highest BCUT2D eigenvalue weighted by molar-refractivity contribution is 5.18. The molecular formula is C55H60O10. The first-order valence-electron chi connectivity index (χ1n) is 22.5. The van der Waals surface area contributed by atoms with Crippen molar-refractivity contribution in [3.63, 3.8) is 0 Å². The van der Waals surface area contributed by atoms with Gasteiger partial charge in [-0.2, -0.15) is 0 Å². The van der Waals surface area contributed by atoms with Crippen LogP contribution < -0.4 is 0 Å². The fourth-order valence-electron chi connectivity index (χ4n) is 8.49. The van der Waals surface area contributed by atoms with E-state index in [-0.39, 0.29) is 46.1 Å². The number of aliphatic hydroxyl groups excluding tert-OH is 1. The summed E-state index contributed by atoms with van der Waals surface area (Å²) < 4.78 is 60.8. The van der Waals surface area contributed by atoms with Crippen LogP contribution in [0.4, 0.5) is 0 Å². The molecule has 6 aromatic rings. The molecule has 1 unspecified atom stereocenters. The molecule has 2 fully saturated rings. The molecule has 0 bridgehead atoms. The fourth-order valence-corrected chi connectivity index (χ4v) is 8.49. The van der Waals surface area contributed by atoms with Crippen LogP contribution in [0, 0.1) is 0 Å². The van der Waals surface area contributed by atoms with Gasteiger partial charge in [-0.05, 0) is 33.4 Å². The fraction of sp³-hybridized carbons (Fsp3) is 0.345. The first-order chi connectivity index (χ1) is 32.1. The van der Waals surface area contributed by atoms with Crippen molar-refractivity contribution in [2.45, 2.75) is 107 Å². The Kier molecular flexibility index (Phi) is 17.5. The van der Waals surface area contributed by atoms with Gasteiger partial charge in [0.15, 0.2) is 6.29 Å². The highest BCUT2D eigenvalue weighted by atomic mass is 16.7. The molecule has 6 aromatic carbocycles. The van der Waals surface area contributed by atoms with E-state index in [9.17, 15) is 5.11 Å². The molecule has 340 valence electrons. The Morgan fingerprint density at radius 1 is 0.415 bits per heavy atom. The predicted molar refractivity (Wildman–Crippen MR) is 246 cm³/mol. The standard InChI is InChI=1S/C55H60O10/c1-57-55-54(63-38-45-30-18-7-19-31-45)53(62-37-44-28-16-6-17-29-44)51(48(65-55)39-58-33-40-20-8-2-9-21-40)64-47-32-46(56)49(59-34-41-22-10-3-11-23-41)52(61-36-43-26-14-5-15-27-43)50(47)60-35-42-24-12-4-13-25-42/h2-31,46-56H,32-39H2,1H3/t46?,47-,48+,49+,50-,51+,52-,53-,54+,55-/m0/s1. The number of benzene rings is 6. The van der Waals surface area contributed by atoms with Gasteiger partial charge in [-0.3, -0.25) is 0 Å². The molecule has 10 nitrogen and oxygen atoms in total. The third-order valence-electron chi connectivity index (χ3n) is 11.8. The lowest BCUT2D eigenvalue weighted by Gasteiger charge is -2.49. The monoisotopic (exact) mass is 880 g/mol. The topological polar surface area (TPSA) is 103 Å². The van der Waals surface area contributed by atoms with Crippen molar-refractivity contribution >= 4 is 0 Å². The Morgan fingerprint density at radius 3 is 1.15 bits per heavy atom. The van der Waals surface area contributed by atoms with Crippen LogP contribution in [-0.4, -0.2) is 80.0 Å². The molecule has 8 rings (SSSR count). The van der Waals surface area contributed by atoms with E-state index < -0.39 is 61.2 Å². The second kappa shape index (κ2) is 24.4. The van der Waals surface area contributed by atoms with Crippen molar-refractivity contribution in [2.24, 2.45) is 0 Å². The molecular weight excluding hydrogens is 821 g/mol. The van der Waals surface area contributed by atoms with Gasteiger partial charge in [0.2, 0.25) is 0 Å². The summed E-state index contributed by atoms with van der Waals surface area (Å²) in [5, 5.41) is 12.2. The van der Waals surface area contributed by atoms with E-state index in [1.165, 1.54) is 0 Å². The maximum absolute atomic E-state index is 12.2. The Morgan fingerprint density at radius 2 is 0.754 bits per heavy atom. The average molecular weight is 881 g/mol. The van der Waals surface area contributed by atoms with Crippen molar-refractivity contribution < 1.29 is 47.7 Å². The number of ether oxygens (including phenoxy) is 9. The van der Waals surface area contributed by atoms with Crippen LogP contribution in [0.15, 0.2) is 182 Å². The van der Waals surface area contributed by atoms with Gasteiger partial charge >= 0.3 is 0 Å². The van der Waals surface area contributed by atoms with Gasteiger partial charge in [0.05, 0.1) is 58.5 Å². The maximum atomic E-state index is 12.2. The predicted octanol–water partition coefficient (Wildman–Crippen LogP) is 9.02. The SMILES string of the molecule is CO[C@H]1O[C@H](COCc2ccccc2)[C@@H](O[C@H]2CC(O)[C@@H](OCc3ccccc3)[C@H](OCc3ccccc3)[C@H]2OCc2ccccc2)[C@H](OCc2ccccc2)[C@H]1OCc1ccccc1. The second-order valence-electron chi connectivity index (χ2n) is 16.5. The van der Waals surface area contributed by atoms with Gasteiger partial charge in [0.1, 0.15) is 42.7 Å². The number of hydrogen-bond acceptors (Lipinski definition) is 10. The van der Waals surface area contributed by atoms with Crippen molar-refractivity contribution in [3.8, 4) is 0 Å². The lowest BCUT2D eigenvalue weighted by Crippen LogP contribution is -2.65. The van der Waals surface area contributed by atoms with Crippen LogP contribution in [-0.2, 0) is 82.3 Å². The van der Waals surface area contributed by atoms with Crippen LogP contribution in [0.1, 0.15) is 39.8 Å². The summed E-state index contributed by atoms with van der Waals surface area (Å²) >= 11 is 0. The summed E-state index contributed by atoms with van der Waals surface area (Å²) in [6, 6.07) is 59.9. The molecule has 2 aliphatic rings. The highest BCUT2D eigenvalue weighted by Crippen LogP contribution is 2.37. The Hall–Kier alpha value is -5.08. The van der Waals surface area contributed by atoms with E-state index in [4.69, 9.17) is 42.6 Å². The number of hydrogen-bond donors (Lipinski definition) is 1. The molecule has 0 radical (unpaired) electrons. The summed E-state index contributed by atoms with van der Waals surface area (Å²) in [7, 11) is 1.61. The highest BCUT2D eigenvalue weighted by Gasteiger charge is 2.53. The minimum atomic E-state index is -0.987. The molecule has 1 saturated heterocycles. The Labute approximate surface area is 382 Å². The number of aliphatic hydroxyl groups is 1. The van der Waals surface area contributed by atoms with E-state index in [1.54, 1.807) is 7.11 Å². The second-order valence-corrected chi connectivity index (χ2v) is 16.5. The molecule has 1 heterocycles. The first kappa shape index (κ1) is 46.4. The minimum absolute atomic E-state index is 0.150. The Balaban J connectivity index is 1.15. The summed E-state index contributed by atoms with van der Waals surface area (Å²) in [4.78, 5) is 0. The van der Waals surface area contributed by atoms with Gasteiger partial charge in [0.25, 0.3) is 0 Å². The zero-order chi connectivity index (χ0) is 44.5. The maximum Gasteiger partial charge on any atom is 0.186 e. The van der Waals surface area contributed by atoms with Gasteiger partial charge in [0, 0.05) is 13.5 Å². The lowest BCUT2D eigenvalue weighted by molar-refractivity contribution is -0.337. The van der Waals surface area contributed by atoms with Gasteiger partial charge in [-0.25, -0.2) is 0 Å². The first-order valence-corrected chi connectivity index (χ1v) is 22.5. The molecule has 10 heteroatoms. The Bertz CT molecular complexity index is 2200. The molecule has 0 spiro atoms. The molecule has 0 amide bonds. The number of rotatable bonds is 22. The molecule has 1 N–H and O–H groups in total. The third-order valence-corrected chi connectivity index (χ3v) is 11.8. The molecule has 1 aliphatic carbocycles. The van der Waals surface area contributed by atoms with Crippen LogP contribution >= 0.6 is 0 Å². The molecule has 1 aliphatic heterocycles. The average Bonchev–Trinajstić information content (AvgIpc) is 3.36. The van der Waals surface area contributed by atoms with Gasteiger partial charge in [-0.15, -0.1) is 0 Å². The molecule has 65 heavy (non-hydrogen) atoms. The van der Waals surface area contributed by atoms with E-state index in [0.29, 0.717) is 6.61 Å². The van der Waals surface area contributed by atoms with Crippen LogP contribution in [0.3, 0.4) is 0 Å². The van der Waals surface area contributed by atoms with Gasteiger partial charge < -0.3 is 47.7 Å². The van der Waals surface area contributed by atoms with Gasteiger partial charge in [-0.1, -0.05) is 182 Å². The summed E-state index contributed by atoms with van der Waals surface area (Å²) in [6.07, 6.45) is -7.54. The van der Waals surface area contributed by atoms with Crippen molar-refractivity contribution in [1.29, 1.82) is 0 Å². The van der Waals surface area contributed by atoms with Crippen molar-refractivity contribution in [1.82, 2.24) is 0 Å². The summed E-state index contributed by atoms with van der Waals surface area (Å²) in [5.41, 5.74) is 5.93. The zero-order valence-electron chi connectivity index (χ0n) is 36.9. The zero-order valence-corrected chi connectivity index (χ0v) is 36.9. The van der Waals surface area contributed by atoms with Crippen LogP contribution in [0.2, 0.25) is 0 Å². The quantitative estimate of drug-likeness (QED) is 0.0711. The van der Waals surface area contributed by atoms with E-state index in [2.05, 4.69) is 0 Å². The van der Waals surface area contributed by atoms with Crippen LogP contribution in [0.25, 0.3) is 0 Å². The summed E-state index contributed by atoms with van der Waals surface area (Å²) in [6.45, 7) is 1.86. The van der Waals surface area contributed by atoms with E-state index >= 15 is 0 Å². The van der Waals surface area contributed by atoms with Crippen molar-refractivity contribution in [3.05, 3.63) is 215 Å². The van der Waals surface area contributed by atoms with Crippen LogP contribution in [0.5, 0.6) is 0 Å². The smallest absolute Gasteiger partial charge is 0.186 e. The molecule has 0 aromatic heterocycles. The van der Waals surface area contributed by atoms with Crippen molar-refractivity contribution in [2.75, 3.05) is 13.7 Å². The lowest BCUT2D eigenvalue weighted by atomic mass is 9.85. The third kappa shape index (κ3) is 13.3. The molecule has 1 saturated carbocycles. The van der Waals surface area contributed by atoms with E-state index in [0.717, 1.165) is 33.4 Å². The largest absolute Gasteiger partial charge is 0.390 e. The van der Waals surface area contributed by atoms with E-state index in [1.807, 2.05) is 182 Å². The normalized spacial score (nSPS) is 25.6. The summed E-state index contributed by atoms with van der Waals surface area (Å²) in [5.74, 6) is 0.